The Morgan fingerprint density at radius 1 is 0.875 bits per heavy atom. The number of piperazine rings is 1. The number of aromatic nitrogens is 1. The molecule has 6 nitrogen and oxygen atoms in total. The molecular formula is C26H25N3O3. The molecule has 6 heteroatoms. The maximum Gasteiger partial charge on any atom is 0.295 e. The zero-order valence-corrected chi connectivity index (χ0v) is 18.2. The molecule has 4 rings (SSSR count). The van der Waals surface area contributed by atoms with Crippen molar-refractivity contribution in [2.45, 2.75) is 19.9 Å². The van der Waals surface area contributed by atoms with Crippen LogP contribution in [0.15, 0.2) is 72.9 Å². The monoisotopic (exact) mass is 427 g/mol. The number of carbonyl (C=O) groups excluding carboxylic acids is 3. The number of nitrogens with zero attached hydrogens (tertiary/aromatic N) is 3. The highest BCUT2D eigenvalue weighted by Crippen LogP contribution is 2.19. The van der Waals surface area contributed by atoms with E-state index in [1.54, 1.807) is 52.4 Å². The molecule has 2 aromatic carbocycles. The van der Waals surface area contributed by atoms with Crippen LogP contribution in [0.1, 0.15) is 33.2 Å². The van der Waals surface area contributed by atoms with Crippen LogP contribution in [0.5, 0.6) is 0 Å². The van der Waals surface area contributed by atoms with E-state index in [9.17, 15) is 14.4 Å². The summed E-state index contributed by atoms with van der Waals surface area (Å²) in [5.74, 6) is -1.13. The number of rotatable bonds is 4. The van der Waals surface area contributed by atoms with Crippen molar-refractivity contribution in [3.05, 3.63) is 89.6 Å². The lowest BCUT2D eigenvalue weighted by molar-refractivity contribution is -0.130. The van der Waals surface area contributed by atoms with Crippen LogP contribution in [-0.4, -0.2) is 58.1 Å². The van der Waals surface area contributed by atoms with Crippen LogP contribution in [0, 0.1) is 6.92 Å². The topological polar surface area (TPSA) is 70.6 Å². The number of benzene rings is 2. The lowest BCUT2D eigenvalue weighted by atomic mass is 10.0. The molecule has 0 N–H and O–H groups in total. The first-order valence-corrected chi connectivity index (χ1v) is 10.7. The third-order valence-electron chi connectivity index (χ3n) is 5.74. The summed E-state index contributed by atoms with van der Waals surface area (Å²) in [5.41, 5.74) is 3.74. The molecule has 3 aromatic rings. The number of ketones is 1. The number of hydrogen-bond donors (Lipinski definition) is 0. The first-order chi connectivity index (χ1) is 15.4. The molecule has 1 aliphatic rings. The number of aryl methyl sites for hydroxylation is 1. The van der Waals surface area contributed by atoms with Gasteiger partial charge in [-0.15, -0.1) is 0 Å². The fraction of sp³-hybridized carbons (Fsp3) is 0.231. The van der Waals surface area contributed by atoms with Gasteiger partial charge >= 0.3 is 0 Å². The van der Waals surface area contributed by atoms with E-state index < -0.39 is 11.7 Å². The van der Waals surface area contributed by atoms with Gasteiger partial charge in [0.2, 0.25) is 5.78 Å². The van der Waals surface area contributed by atoms with E-state index in [0.29, 0.717) is 30.8 Å². The molecule has 2 amide bonds. The van der Waals surface area contributed by atoms with Gasteiger partial charge in [-0.2, -0.15) is 0 Å². The Morgan fingerprint density at radius 3 is 2.22 bits per heavy atom. The first kappa shape index (κ1) is 21.4. The van der Waals surface area contributed by atoms with E-state index in [-0.39, 0.29) is 11.9 Å². The maximum absolute atomic E-state index is 12.9. The van der Waals surface area contributed by atoms with Crippen molar-refractivity contribution >= 4 is 17.6 Å². The molecular weight excluding hydrogens is 402 g/mol. The van der Waals surface area contributed by atoms with Crippen molar-refractivity contribution in [2.75, 3.05) is 19.6 Å². The number of pyridine rings is 1. The first-order valence-electron chi connectivity index (χ1n) is 10.7. The SMILES string of the molecule is Cc1ccc(-c2ccc(C(=O)C(=O)N3CCN(C(=O)c4ccccc4)C[C@H]3C)cc2)nc1. The van der Waals surface area contributed by atoms with E-state index in [4.69, 9.17) is 0 Å². The summed E-state index contributed by atoms with van der Waals surface area (Å²) in [6.07, 6.45) is 1.79. The molecule has 1 saturated heterocycles. The van der Waals surface area contributed by atoms with E-state index in [0.717, 1.165) is 16.8 Å². The highest BCUT2D eigenvalue weighted by Gasteiger charge is 2.33. The van der Waals surface area contributed by atoms with Gasteiger partial charge in [0, 0.05) is 48.6 Å². The fourth-order valence-corrected chi connectivity index (χ4v) is 3.89. The summed E-state index contributed by atoms with van der Waals surface area (Å²) in [5, 5.41) is 0. The molecule has 1 fully saturated rings. The van der Waals surface area contributed by atoms with Gasteiger partial charge in [0.15, 0.2) is 0 Å². The number of Topliss-reactive ketones (excluding diaryl/α,β-unsaturated/α-hetero) is 1. The maximum atomic E-state index is 12.9. The minimum absolute atomic E-state index is 0.0591. The zero-order valence-electron chi connectivity index (χ0n) is 18.2. The van der Waals surface area contributed by atoms with E-state index in [2.05, 4.69) is 4.98 Å². The van der Waals surface area contributed by atoms with Crippen LogP contribution in [0.2, 0.25) is 0 Å². The van der Waals surface area contributed by atoms with Crippen molar-refractivity contribution in [3.8, 4) is 11.3 Å². The molecule has 0 bridgehead atoms. The second-order valence-electron chi connectivity index (χ2n) is 8.09. The second kappa shape index (κ2) is 9.14. The van der Waals surface area contributed by atoms with Crippen LogP contribution in [-0.2, 0) is 4.79 Å². The average Bonchev–Trinajstić information content (AvgIpc) is 2.84. The van der Waals surface area contributed by atoms with Crippen molar-refractivity contribution in [3.63, 3.8) is 0 Å². The van der Waals surface area contributed by atoms with E-state index in [1.165, 1.54) is 0 Å². The molecule has 0 unspecified atom stereocenters. The number of carbonyl (C=O) groups is 3. The Labute approximate surface area is 187 Å². The summed E-state index contributed by atoms with van der Waals surface area (Å²) in [7, 11) is 0. The summed E-state index contributed by atoms with van der Waals surface area (Å²) >= 11 is 0. The average molecular weight is 428 g/mol. The van der Waals surface area contributed by atoms with Gasteiger partial charge in [0.25, 0.3) is 11.8 Å². The second-order valence-corrected chi connectivity index (χ2v) is 8.09. The Kier molecular flexibility index (Phi) is 6.12. The van der Waals surface area contributed by atoms with Crippen LogP contribution >= 0.6 is 0 Å². The Bertz CT molecular complexity index is 1130. The molecule has 1 aromatic heterocycles. The minimum Gasteiger partial charge on any atom is -0.335 e. The standard InChI is InChI=1S/C26H25N3O3/c1-18-8-13-23(27-16-18)20-9-11-21(12-10-20)24(30)26(32)29-15-14-28(17-19(29)2)25(31)22-6-4-3-5-7-22/h3-13,16,19H,14-15,17H2,1-2H3/t19-/m1/s1. The van der Waals surface area contributed by atoms with Gasteiger partial charge in [-0.1, -0.05) is 48.5 Å². The van der Waals surface area contributed by atoms with Crippen LogP contribution in [0.25, 0.3) is 11.3 Å². The molecule has 0 saturated carbocycles. The Hall–Kier alpha value is -3.80. The number of hydrogen-bond acceptors (Lipinski definition) is 4. The highest BCUT2D eigenvalue weighted by atomic mass is 16.2. The van der Waals surface area contributed by atoms with Gasteiger partial charge in [0.1, 0.15) is 0 Å². The fourth-order valence-electron chi connectivity index (χ4n) is 3.89. The molecule has 2 heterocycles. The van der Waals surface area contributed by atoms with E-state index in [1.807, 2.05) is 44.2 Å². The van der Waals surface area contributed by atoms with Crippen molar-refractivity contribution in [1.82, 2.24) is 14.8 Å². The van der Waals surface area contributed by atoms with Crippen LogP contribution < -0.4 is 0 Å². The summed E-state index contributed by atoms with van der Waals surface area (Å²) < 4.78 is 0. The smallest absolute Gasteiger partial charge is 0.295 e. The largest absolute Gasteiger partial charge is 0.335 e. The van der Waals surface area contributed by atoms with Gasteiger partial charge in [-0.3, -0.25) is 19.4 Å². The molecule has 1 aliphatic heterocycles. The summed E-state index contributed by atoms with van der Waals surface area (Å²) in [4.78, 5) is 46.1. The Balaban J connectivity index is 1.41. The summed E-state index contributed by atoms with van der Waals surface area (Å²) in [6, 6.07) is 19.7. The lowest BCUT2D eigenvalue weighted by Gasteiger charge is -2.39. The van der Waals surface area contributed by atoms with E-state index >= 15 is 0 Å². The highest BCUT2D eigenvalue weighted by molar-refractivity contribution is 6.42. The van der Waals surface area contributed by atoms with Gasteiger partial charge in [0.05, 0.1) is 5.69 Å². The van der Waals surface area contributed by atoms with Crippen molar-refractivity contribution < 1.29 is 14.4 Å². The number of amides is 2. The molecule has 0 spiro atoms. The third kappa shape index (κ3) is 4.44. The normalized spacial score (nSPS) is 16.0. The predicted octanol–water partition coefficient (Wildman–Crippen LogP) is 3.61. The molecule has 32 heavy (non-hydrogen) atoms. The van der Waals surface area contributed by atoms with Crippen molar-refractivity contribution in [2.24, 2.45) is 0 Å². The third-order valence-corrected chi connectivity index (χ3v) is 5.74. The summed E-state index contributed by atoms with van der Waals surface area (Å²) in [6.45, 7) is 4.96. The minimum atomic E-state index is -0.539. The molecule has 162 valence electrons. The van der Waals surface area contributed by atoms with Crippen molar-refractivity contribution in [1.29, 1.82) is 0 Å². The molecule has 0 radical (unpaired) electrons. The predicted molar refractivity (Wildman–Crippen MR) is 122 cm³/mol. The Morgan fingerprint density at radius 2 is 1.59 bits per heavy atom. The van der Waals surface area contributed by atoms with Gasteiger partial charge in [-0.25, -0.2) is 0 Å². The lowest BCUT2D eigenvalue weighted by Crippen LogP contribution is -2.56. The zero-order chi connectivity index (χ0) is 22.7. The van der Waals surface area contributed by atoms with Crippen LogP contribution in [0.3, 0.4) is 0 Å². The van der Waals surface area contributed by atoms with Gasteiger partial charge < -0.3 is 9.80 Å². The molecule has 1 atom stereocenters. The quantitative estimate of drug-likeness (QED) is 0.471. The molecule has 0 aliphatic carbocycles. The van der Waals surface area contributed by atoms with Crippen LogP contribution in [0.4, 0.5) is 0 Å². The van der Waals surface area contributed by atoms with Gasteiger partial charge in [-0.05, 0) is 37.6 Å².